The fourth-order valence-corrected chi connectivity index (χ4v) is 6.61. The first kappa shape index (κ1) is 24.3. The van der Waals surface area contributed by atoms with Crippen molar-refractivity contribution in [2.24, 2.45) is 5.73 Å². The van der Waals surface area contributed by atoms with E-state index in [4.69, 9.17) is 19.9 Å². The van der Waals surface area contributed by atoms with Gasteiger partial charge >= 0.3 is 0 Å². The third-order valence-electron chi connectivity index (χ3n) is 6.35. The Bertz CT molecular complexity index is 1570. The zero-order valence-electron chi connectivity index (χ0n) is 20.3. The first-order valence-corrected chi connectivity index (χ1v) is 13.1. The second-order valence-electron chi connectivity index (χ2n) is 8.48. The molecule has 1 atom stereocenters. The van der Waals surface area contributed by atoms with Crippen molar-refractivity contribution in [2.45, 2.75) is 19.4 Å². The number of nitrogens with two attached hydrogens (primary N) is 1. The SMILES string of the molecule is CCOc1ccc(C2C(C#N)=C(N)OC3=C2S(=O)(=O)N(Cc2ccccc2)c2ccccc23)cc1OC. The average Bonchev–Trinajstić information content (AvgIpc) is 2.91. The summed E-state index contributed by atoms with van der Waals surface area (Å²) >= 11 is 0. The lowest BCUT2D eigenvalue weighted by Crippen LogP contribution is -2.39. The van der Waals surface area contributed by atoms with Gasteiger partial charge in [-0.25, -0.2) is 8.42 Å². The fourth-order valence-electron chi connectivity index (χ4n) is 4.70. The zero-order chi connectivity index (χ0) is 26.2. The lowest BCUT2D eigenvalue weighted by atomic mass is 9.88. The summed E-state index contributed by atoms with van der Waals surface area (Å²) in [6, 6.07) is 23.6. The van der Waals surface area contributed by atoms with Crippen LogP contribution >= 0.6 is 0 Å². The highest BCUT2D eigenvalue weighted by molar-refractivity contribution is 7.96. The second-order valence-corrected chi connectivity index (χ2v) is 10.3. The van der Waals surface area contributed by atoms with Gasteiger partial charge in [0.15, 0.2) is 17.3 Å². The Morgan fingerprint density at radius 3 is 2.49 bits per heavy atom. The fraction of sp³-hybridized carbons (Fsp3) is 0.179. The van der Waals surface area contributed by atoms with Crippen LogP contribution in [-0.4, -0.2) is 22.1 Å². The number of rotatable bonds is 6. The molecule has 0 aliphatic carbocycles. The Hall–Kier alpha value is -4.42. The number of nitrogens with zero attached hydrogens (tertiary/aromatic N) is 2. The Balaban J connectivity index is 1.75. The summed E-state index contributed by atoms with van der Waals surface area (Å²) in [5, 5.41) is 10.1. The van der Waals surface area contributed by atoms with Crippen LogP contribution in [0.4, 0.5) is 5.69 Å². The highest BCUT2D eigenvalue weighted by atomic mass is 32.2. The highest BCUT2D eigenvalue weighted by Crippen LogP contribution is 2.52. The highest BCUT2D eigenvalue weighted by Gasteiger charge is 2.47. The number of anilines is 1. The van der Waals surface area contributed by atoms with Crippen molar-refractivity contribution in [1.82, 2.24) is 0 Å². The van der Waals surface area contributed by atoms with Gasteiger partial charge < -0.3 is 19.9 Å². The first-order valence-electron chi connectivity index (χ1n) is 11.7. The van der Waals surface area contributed by atoms with Crippen LogP contribution in [0.3, 0.4) is 0 Å². The maximum atomic E-state index is 14.3. The number of allylic oxidation sites excluding steroid dienone is 2. The van der Waals surface area contributed by atoms with Crippen LogP contribution in [0.2, 0.25) is 0 Å². The maximum Gasteiger partial charge on any atom is 0.265 e. The Labute approximate surface area is 215 Å². The van der Waals surface area contributed by atoms with Crippen molar-refractivity contribution in [3.05, 3.63) is 106 Å². The van der Waals surface area contributed by atoms with Gasteiger partial charge in [-0.05, 0) is 42.3 Å². The van der Waals surface area contributed by atoms with E-state index in [1.54, 1.807) is 42.5 Å². The third kappa shape index (κ3) is 4.05. The predicted octanol–water partition coefficient (Wildman–Crippen LogP) is 4.62. The van der Waals surface area contributed by atoms with E-state index < -0.39 is 15.9 Å². The van der Waals surface area contributed by atoms with Gasteiger partial charge in [0.2, 0.25) is 5.88 Å². The van der Waals surface area contributed by atoms with Crippen LogP contribution in [0.15, 0.2) is 89.2 Å². The van der Waals surface area contributed by atoms with Crippen LogP contribution in [0.25, 0.3) is 5.76 Å². The second kappa shape index (κ2) is 9.56. The normalized spacial score (nSPS) is 17.9. The lowest BCUT2D eigenvalue weighted by Gasteiger charge is -2.38. The third-order valence-corrected chi connectivity index (χ3v) is 8.23. The molecule has 3 aromatic carbocycles. The van der Waals surface area contributed by atoms with Crippen molar-refractivity contribution in [3.63, 3.8) is 0 Å². The summed E-state index contributed by atoms with van der Waals surface area (Å²) < 4.78 is 47.1. The van der Waals surface area contributed by atoms with Crippen LogP contribution < -0.4 is 19.5 Å². The molecule has 1 unspecified atom stereocenters. The van der Waals surface area contributed by atoms with Gasteiger partial charge in [0.1, 0.15) is 16.5 Å². The molecule has 3 aromatic rings. The minimum atomic E-state index is -4.16. The molecular formula is C28H25N3O5S. The quantitative estimate of drug-likeness (QED) is 0.509. The number of nitriles is 1. The number of hydrogen-bond donors (Lipinski definition) is 1. The van der Waals surface area contributed by atoms with Gasteiger partial charge in [-0.3, -0.25) is 4.31 Å². The first-order chi connectivity index (χ1) is 17.9. The molecule has 188 valence electrons. The molecule has 0 saturated carbocycles. The molecule has 0 bridgehead atoms. The van der Waals surface area contributed by atoms with Crippen molar-refractivity contribution in [3.8, 4) is 17.6 Å². The summed E-state index contributed by atoms with van der Waals surface area (Å²) in [5.74, 6) is -0.101. The summed E-state index contributed by atoms with van der Waals surface area (Å²) in [7, 11) is -2.66. The minimum absolute atomic E-state index is 0.00702. The molecule has 5 rings (SSSR count). The number of sulfonamides is 1. The molecule has 2 aliphatic rings. The Morgan fingerprint density at radius 2 is 1.78 bits per heavy atom. The molecule has 0 fully saturated rings. The number of ether oxygens (including phenoxy) is 3. The van der Waals surface area contributed by atoms with Crippen LogP contribution in [-0.2, 0) is 21.3 Å². The summed E-state index contributed by atoms with van der Waals surface area (Å²) in [6.07, 6.45) is 0. The van der Waals surface area contributed by atoms with E-state index in [0.717, 1.165) is 5.56 Å². The van der Waals surface area contributed by atoms with E-state index in [0.29, 0.717) is 34.9 Å². The van der Waals surface area contributed by atoms with E-state index in [2.05, 4.69) is 6.07 Å². The zero-order valence-corrected chi connectivity index (χ0v) is 21.2. The molecule has 2 aliphatic heterocycles. The summed E-state index contributed by atoms with van der Waals surface area (Å²) in [6.45, 7) is 2.39. The smallest absolute Gasteiger partial charge is 0.265 e. The molecule has 0 spiro atoms. The molecule has 2 N–H and O–H groups in total. The van der Waals surface area contributed by atoms with Crippen molar-refractivity contribution in [2.75, 3.05) is 18.0 Å². The lowest BCUT2D eigenvalue weighted by molar-refractivity contribution is 0.310. The number of para-hydroxylation sites is 1. The largest absolute Gasteiger partial charge is 0.493 e. The van der Waals surface area contributed by atoms with E-state index in [-0.39, 0.29) is 28.7 Å². The van der Waals surface area contributed by atoms with E-state index >= 15 is 0 Å². The molecule has 9 heteroatoms. The average molecular weight is 516 g/mol. The van der Waals surface area contributed by atoms with E-state index in [1.165, 1.54) is 11.4 Å². The standard InChI is InChI=1S/C28H25N3O5S/c1-3-35-23-14-13-19(15-24(23)34-2)25-21(16-29)28(30)36-26-20-11-7-8-12-22(20)31(37(32,33)27(25)26)17-18-9-5-4-6-10-18/h4-15,25H,3,17,30H2,1-2H3. The van der Waals surface area contributed by atoms with Gasteiger partial charge in [0, 0.05) is 5.56 Å². The molecule has 0 radical (unpaired) electrons. The van der Waals surface area contributed by atoms with Gasteiger partial charge in [-0.2, -0.15) is 5.26 Å². The van der Waals surface area contributed by atoms with Crippen LogP contribution in [0.5, 0.6) is 11.5 Å². The molecule has 2 heterocycles. The maximum absolute atomic E-state index is 14.3. The van der Waals surface area contributed by atoms with Gasteiger partial charge in [-0.15, -0.1) is 0 Å². The molecule has 0 amide bonds. The van der Waals surface area contributed by atoms with E-state index in [9.17, 15) is 13.7 Å². The van der Waals surface area contributed by atoms with Gasteiger partial charge in [0.05, 0.1) is 31.9 Å². The topological polar surface area (TPSA) is 115 Å². The Kier molecular flexibility index (Phi) is 6.27. The predicted molar refractivity (Wildman–Crippen MR) is 140 cm³/mol. The number of fused-ring (bicyclic) bond motifs is 2. The minimum Gasteiger partial charge on any atom is -0.493 e. The molecule has 37 heavy (non-hydrogen) atoms. The number of benzene rings is 3. The van der Waals surface area contributed by atoms with Gasteiger partial charge in [0.25, 0.3) is 10.0 Å². The number of methoxy groups -OCH3 is 1. The molecular weight excluding hydrogens is 490 g/mol. The molecule has 8 nitrogen and oxygen atoms in total. The summed E-state index contributed by atoms with van der Waals surface area (Å²) in [4.78, 5) is -0.0425. The monoisotopic (exact) mass is 515 g/mol. The summed E-state index contributed by atoms with van der Waals surface area (Å²) in [5.41, 5.74) is 8.60. The van der Waals surface area contributed by atoms with Crippen molar-refractivity contribution < 1.29 is 22.6 Å². The number of hydrogen-bond acceptors (Lipinski definition) is 7. The van der Waals surface area contributed by atoms with Crippen molar-refractivity contribution >= 4 is 21.5 Å². The molecule has 0 saturated heterocycles. The van der Waals surface area contributed by atoms with Crippen LogP contribution in [0, 0.1) is 11.3 Å². The van der Waals surface area contributed by atoms with Gasteiger partial charge in [-0.1, -0.05) is 48.5 Å². The van der Waals surface area contributed by atoms with E-state index in [1.807, 2.05) is 37.3 Å². The Morgan fingerprint density at radius 1 is 1.05 bits per heavy atom. The van der Waals surface area contributed by atoms with Crippen molar-refractivity contribution in [1.29, 1.82) is 5.26 Å². The van der Waals surface area contributed by atoms with Crippen LogP contribution in [0.1, 0.15) is 29.5 Å². The molecule has 0 aromatic heterocycles.